The minimum Gasteiger partial charge on any atom is -0.462 e. The van der Waals surface area contributed by atoms with E-state index in [0.717, 1.165) is 57.8 Å². The molecule has 1 atom stereocenters. The molecule has 5 heteroatoms. The summed E-state index contributed by atoms with van der Waals surface area (Å²) in [5.74, 6) is -0.400. The number of ether oxygens (including phenoxy) is 3. The summed E-state index contributed by atoms with van der Waals surface area (Å²) in [5.41, 5.74) is 0. The Balaban J connectivity index is 4.20. The van der Waals surface area contributed by atoms with Gasteiger partial charge in [0.15, 0.2) is 6.10 Å². The molecule has 0 aliphatic carbocycles. The van der Waals surface area contributed by atoms with Gasteiger partial charge in [-0.3, -0.25) is 9.59 Å². The van der Waals surface area contributed by atoms with E-state index >= 15 is 0 Å². The molecule has 5 nitrogen and oxygen atoms in total. The fourth-order valence-corrected chi connectivity index (χ4v) is 7.99. The van der Waals surface area contributed by atoms with Crippen LogP contribution in [0.5, 0.6) is 0 Å². The maximum absolute atomic E-state index is 12.8. The minimum atomic E-state index is -0.542. The molecule has 0 saturated carbocycles. The normalized spacial score (nSPS) is 12.4. The highest BCUT2D eigenvalue weighted by Crippen LogP contribution is 2.16. The van der Waals surface area contributed by atoms with Gasteiger partial charge in [-0.1, -0.05) is 243 Å². The molecule has 0 heterocycles. The predicted molar refractivity (Wildman–Crippen MR) is 270 cm³/mol. The number of rotatable bonds is 51. The van der Waals surface area contributed by atoms with Crippen molar-refractivity contribution in [2.24, 2.45) is 0 Å². The zero-order valence-electron chi connectivity index (χ0n) is 41.9. The third kappa shape index (κ3) is 50.8. The van der Waals surface area contributed by atoms with Gasteiger partial charge in [-0.15, -0.1) is 0 Å². The summed E-state index contributed by atoms with van der Waals surface area (Å²) in [6, 6.07) is 0. The van der Waals surface area contributed by atoms with Crippen molar-refractivity contribution < 1.29 is 23.8 Å². The molecule has 0 aliphatic rings. The average molecular weight is 871 g/mol. The second-order valence-corrected chi connectivity index (χ2v) is 18.5. The van der Waals surface area contributed by atoms with Crippen LogP contribution in [0.2, 0.25) is 0 Å². The highest BCUT2D eigenvalue weighted by Gasteiger charge is 2.17. The number of allylic oxidation sites excluding steroid dienone is 6. The Bertz CT molecular complexity index is 986. The van der Waals surface area contributed by atoms with Gasteiger partial charge in [0.25, 0.3) is 0 Å². The van der Waals surface area contributed by atoms with Crippen LogP contribution in [0.15, 0.2) is 36.5 Å². The van der Waals surface area contributed by atoms with Crippen molar-refractivity contribution in [2.75, 3.05) is 19.8 Å². The van der Waals surface area contributed by atoms with Crippen molar-refractivity contribution in [1.29, 1.82) is 0 Å². The van der Waals surface area contributed by atoms with Gasteiger partial charge < -0.3 is 14.2 Å². The van der Waals surface area contributed by atoms with Crippen LogP contribution in [0.3, 0.4) is 0 Å². The van der Waals surface area contributed by atoms with Crippen LogP contribution in [-0.2, 0) is 23.8 Å². The lowest BCUT2D eigenvalue weighted by Crippen LogP contribution is -2.30. The van der Waals surface area contributed by atoms with Gasteiger partial charge in [0, 0.05) is 19.4 Å². The fraction of sp³-hybridized carbons (Fsp3) is 0.860. The van der Waals surface area contributed by atoms with E-state index in [4.69, 9.17) is 14.2 Å². The smallest absolute Gasteiger partial charge is 0.306 e. The second-order valence-electron chi connectivity index (χ2n) is 18.5. The number of carbonyl (C=O) groups excluding carboxylic acids is 2. The number of hydrogen-bond acceptors (Lipinski definition) is 5. The van der Waals surface area contributed by atoms with Gasteiger partial charge >= 0.3 is 11.9 Å². The molecule has 0 aliphatic heterocycles. The Morgan fingerprint density at radius 2 is 0.694 bits per heavy atom. The largest absolute Gasteiger partial charge is 0.462 e. The SMILES string of the molecule is CCCC/C=C\CCCCCCCCOCC(COC(=O)CCCCCCCCCCCCCCCCCCCCC)OC(=O)CCCCCCC/C=C\C/C=C\CCCCC. The summed E-state index contributed by atoms with van der Waals surface area (Å²) in [6.07, 6.45) is 64.4. The molecule has 0 rings (SSSR count). The summed E-state index contributed by atoms with van der Waals surface area (Å²) >= 11 is 0. The average Bonchev–Trinajstić information content (AvgIpc) is 3.27. The molecule has 0 aromatic carbocycles. The Kier molecular flexibility index (Phi) is 51.8. The Morgan fingerprint density at radius 1 is 0.355 bits per heavy atom. The fourth-order valence-electron chi connectivity index (χ4n) is 7.99. The quantitative estimate of drug-likeness (QED) is 0.0346. The Labute approximate surface area is 387 Å². The monoisotopic (exact) mass is 871 g/mol. The minimum absolute atomic E-state index is 0.0821. The van der Waals surface area contributed by atoms with Crippen molar-refractivity contribution in [3.63, 3.8) is 0 Å². The van der Waals surface area contributed by atoms with E-state index in [2.05, 4.69) is 57.2 Å². The maximum Gasteiger partial charge on any atom is 0.306 e. The Morgan fingerprint density at radius 3 is 1.16 bits per heavy atom. The zero-order chi connectivity index (χ0) is 44.9. The zero-order valence-corrected chi connectivity index (χ0v) is 41.9. The van der Waals surface area contributed by atoms with E-state index in [0.29, 0.717) is 19.4 Å². The lowest BCUT2D eigenvalue weighted by molar-refractivity contribution is -0.163. The van der Waals surface area contributed by atoms with Crippen LogP contribution in [-0.4, -0.2) is 37.9 Å². The lowest BCUT2D eigenvalue weighted by Gasteiger charge is -2.18. The molecule has 0 saturated heterocycles. The lowest BCUT2D eigenvalue weighted by atomic mass is 10.0. The molecule has 0 fully saturated rings. The first-order valence-corrected chi connectivity index (χ1v) is 27.5. The molecular formula is C57H106O5. The maximum atomic E-state index is 12.8. The van der Waals surface area contributed by atoms with Crippen LogP contribution in [0.1, 0.15) is 290 Å². The van der Waals surface area contributed by atoms with Crippen molar-refractivity contribution in [3.8, 4) is 0 Å². The third-order valence-electron chi connectivity index (χ3n) is 12.1. The predicted octanol–water partition coefficient (Wildman–Crippen LogP) is 18.6. The molecule has 0 spiro atoms. The van der Waals surface area contributed by atoms with E-state index in [1.807, 2.05) is 0 Å². The van der Waals surface area contributed by atoms with E-state index in [1.54, 1.807) is 0 Å². The van der Waals surface area contributed by atoms with Gasteiger partial charge in [-0.2, -0.15) is 0 Å². The number of unbranched alkanes of at least 4 members (excludes halogenated alkanes) is 34. The number of esters is 2. The highest BCUT2D eigenvalue weighted by atomic mass is 16.6. The van der Waals surface area contributed by atoms with Crippen molar-refractivity contribution in [2.45, 2.75) is 297 Å². The molecule has 364 valence electrons. The first kappa shape index (κ1) is 60.1. The van der Waals surface area contributed by atoms with Crippen LogP contribution in [0, 0.1) is 0 Å². The van der Waals surface area contributed by atoms with Gasteiger partial charge in [0.2, 0.25) is 0 Å². The molecule has 0 aromatic rings. The molecule has 1 unspecified atom stereocenters. The molecule has 0 N–H and O–H groups in total. The highest BCUT2D eigenvalue weighted by molar-refractivity contribution is 5.70. The molecule has 0 bridgehead atoms. The summed E-state index contributed by atoms with van der Waals surface area (Å²) in [5, 5.41) is 0. The van der Waals surface area contributed by atoms with E-state index in [9.17, 15) is 9.59 Å². The summed E-state index contributed by atoms with van der Waals surface area (Å²) in [4.78, 5) is 25.4. The van der Waals surface area contributed by atoms with Gasteiger partial charge in [0.1, 0.15) is 6.61 Å². The topological polar surface area (TPSA) is 61.8 Å². The molecule has 0 radical (unpaired) electrons. The van der Waals surface area contributed by atoms with E-state index in [1.165, 1.54) is 199 Å². The van der Waals surface area contributed by atoms with E-state index < -0.39 is 6.10 Å². The summed E-state index contributed by atoms with van der Waals surface area (Å²) in [7, 11) is 0. The van der Waals surface area contributed by atoms with Gasteiger partial charge in [-0.05, 0) is 70.6 Å². The molecule has 0 aromatic heterocycles. The first-order valence-electron chi connectivity index (χ1n) is 27.5. The van der Waals surface area contributed by atoms with Crippen LogP contribution >= 0.6 is 0 Å². The standard InChI is InChI=1S/C57H106O5/c1-4-7-10-13-16-19-22-25-27-28-29-30-32-33-35-38-41-44-47-50-56(58)61-54-55(53-60-52-49-46-43-40-37-24-21-18-15-12-9-6-3)62-57(59)51-48-45-42-39-36-34-31-26-23-20-17-14-11-8-5-2/h15,17-18,20,26,31,55H,4-14,16,19,21-25,27-30,32-54H2,1-3H3/b18-15-,20-17-,31-26-. The van der Waals surface area contributed by atoms with E-state index in [-0.39, 0.29) is 25.2 Å². The summed E-state index contributed by atoms with van der Waals surface area (Å²) in [6.45, 7) is 7.79. The molecule has 0 amide bonds. The number of hydrogen-bond donors (Lipinski definition) is 0. The van der Waals surface area contributed by atoms with Gasteiger partial charge in [-0.25, -0.2) is 0 Å². The van der Waals surface area contributed by atoms with Crippen molar-refractivity contribution in [1.82, 2.24) is 0 Å². The third-order valence-corrected chi connectivity index (χ3v) is 12.1. The van der Waals surface area contributed by atoms with Crippen LogP contribution < -0.4 is 0 Å². The Hall–Kier alpha value is -1.88. The molecule has 62 heavy (non-hydrogen) atoms. The van der Waals surface area contributed by atoms with Crippen LogP contribution in [0.4, 0.5) is 0 Å². The van der Waals surface area contributed by atoms with Crippen molar-refractivity contribution >= 4 is 11.9 Å². The summed E-state index contributed by atoms with van der Waals surface area (Å²) < 4.78 is 17.4. The van der Waals surface area contributed by atoms with Gasteiger partial charge in [0.05, 0.1) is 6.61 Å². The van der Waals surface area contributed by atoms with Crippen molar-refractivity contribution in [3.05, 3.63) is 36.5 Å². The first-order chi connectivity index (χ1) is 30.6. The second kappa shape index (κ2) is 53.5. The van der Waals surface area contributed by atoms with Crippen LogP contribution in [0.25, 0.3) is 0 Å². The number of carbonyl (C=O) groups is 2. The molecular weight excluding hydrogens is 765 g/mol.